The normalized spacial score (nSPS) is 10.1. The summed E-state index contributed by atoms with van der Waals surface area (Å²) in [5.41, 5.74) is 3.65. The third-order valence-electron chi connectivity index (χ3n) is 2.75. The SMILES string of the molecule is COc1cccc(CN(C)c2cc(NN)ncn2)c1. The van der Waals surface area contributed by atoms with Crippen LogP contribution in [0.4, 0.5) is 11.6 Å². The van der Waals surface area contributed by atoms with Crippen LogP contribution in [0.1, 0.15) is 5.56 Å². The summed E-state index contributed by atoms with van der Waals surface area (Å²) in [6, 6.07) is 9.72. The lowest BCUT2D eigenvalue weighted by Gasteiger charge is -2.18. The van der Waals surface area contributed by atoms with Gasteiger partial charge in [0.25, 0.3) is 0 Å². The van der Waals surface area contributed by atoms with E-state index in [0.29, 0.717) is 5.82 Å². The third-order valence-corrected chi connectivity index (χ3v) is 2.75. The topological polar surface area (TPSA) is 76.3 Å². The Morgan fingerprint density at radius 3 is 2.89 bits per heavy atom. The van der Waals surface area contributed by atoms with Crippen LogP contribution in [0.5, 0.6) is 5.75 Å². The van der Waals surface area contributed by atoms with Gasteiger partial charge in [0.2, 0.25) is 0 Å². The number of benzene rings is 1. The van der Waals surface area contributed by atoms with E-state index in [1.165, 1.54) is 6.33 Å². The molecule has 0 amide bonds. The van der Waals surface area contributed by atoms with Gasteiger partial charge >= 0.3 is 0 Å². The van der Waals surface area contributed by atoms with Crippen LogP contribution >= 0.6 is 0 Å². The number of hydrazine groups is 1. The number of anilines is 2. The number of nitrogens with two attached hydrogens (primary N) is 1. The van der Waals surface area contributed by atoms with Crippen molar-refractivity contribution >= 4 is 11.6 Å². The average molecular weight is 259 g/mol. The van der Waals surface area contributed by atoms with Gasteiger partial charge in [0, 0.05) is 19.7 Å². The van der Waals surface area contributed by atoms with E-state index in [-0.39, 0.29) is 0 Å². The predicted octanol–water partition coefficient (Wildman–Crippen LogP) is 1.41. The van der Waals surface area contributed by atoms with Crippen LogP contribution in [0.25, 0.3) is 0 Å². The second-order valence-corrected chi connectivity index (χ2v) is 4.11. The van der Waals surface area contributed by atoms with Crippen molar-refractivity contribution in [1.82, 2.24) is 9.97 Å². The number of methoxy groups -OCH3 is 1. The molecular weight excluding hydrogens is 242 g/mol. The van der Waals surface area contributed by atoms with Crippen molar-refractivity contribution in [1.29, 1.82) is 0 Å². The van der Waals surface area contributed by atoms with Gasteiger partial charge in [0.05, 0.1) is 7.11 Å². The van der Waals surface area contributed by atoms with Gasteiger partial charge in [-0.05, 0) is 17.7 Å². The number of nitrogens with zero attached hydrogens (tertiary/aromatic N) is 3. The number of rotatable bonds is 5. The third kappa shape index (κ3) is 3.32. The molecule has 2 rings (SSSR count). The first-order valence-corrected chi connectivity index (χ1v) is 5.85. The highest BCUT2D eigenvalue weighted by atomic mass is 16.5. The van der Waals surface area contributed by atoms with Crippen LogP contribution < -0.4 is 20.9 Å². The maximum absolute atomic E-state index is 5.33. The molecular formula is C13H17N5O. The summed E-state index contributed by atoms with van der Waals surface area (Å²) in [6.45, 7) is 0.720. The van der Waals surface area contributed by atoms with Gasteiger partial charge in [0.15, 0.2) is 0 Å². The van der Waals surface area contributed by atoms with E-state index in [4.69, 9.17) is 10.6 Å². The zero-order valence-corrected chi connectivity index (χ0v) is 11.0. The fraction of sp³-hybridized carbons (Fsp3) is 0.231. The van der Waals surface area contributed by atoms with E-state index in [9.17, 15) is 0 Å². The van der Waals surface area contributed by atoms with E-state index in [0.717, 1.165) is 23.7 Å². The van der Waals surface area contributed by atoms with Crippen LogP contribution in [0.15, 0.2) is 36.7 Å². The molecule has 0 aliphatic heterocycles. The molecule has 2 aromatic rings. The lowest BCUT2D eigenvalue weighted by molar-refractivity contribution is 0.414. The predicted molar refractivity (Wildman–Crippen MR) is 74.9 cm³/mol. The van der Waals surface area contributed by atoms with E-state index >= 15 is 0 Å². The summed E-state index contributed by atoms with van der Waals surface area (Å²) in [6.07, 6.45) is 1.48. The zero-order chi connectivity index (χ0) is 13.7. The van der Waals surface area contributed by atoms with E-state index < -0.39 is 0 Å². The van der Waals surface area contributed by atoms with Crippen molar-refractivity contribution in [2.45, 2.75) is 6.54 Å². The highest BCUT2D eigenvalue weighted by Gasteiger charge is 2.05. The summed E-state index contributed by atoms with van der Waals surface area (Å²) in [7, 11) is 3.62. The van der Waals surface area contributed by atoms with Crippen molar-refractivity contribution in [3.05, 3.63) is 42.2 Å². The second-order valence-electron chi connectivity index (χ2n) is 4.11. The number of hydrogen-bond acceptors (Lipinski definition) is 6. The van der Waals surface area contributed by atoms with Crippen molar-refractivity contribution in [2.75, 3.05) is 24.5 Å². The number of hydrogen-bond donors (Lipinski definition) is 2. The quantitative estimate of drug-likeness (QED) is 0.624. The Morgan fingerprint density at radius 1 is 1.32 bits per heavy atom. The standard InChI is InChI=1S/C13H17N5O/c1-18(13-7-12(17-14)15-9-16-13)8-10-4-3-5-11(6-10)19-2/h3-7,9H,8,14H2,1-2H3,(H,15,16,17). The Morgan fingerprint density at radius 2 is 2.16 bits per heavy atom. The molecule has 0 radical (unpaired) electrons. The van der Waals surface area contributed by atoms with Crippen LogP contribution in [0.3, 0.4) is 0 Å². The first-order valence-electron chi connectivity index (χ1n) is 5.85. The van der Waals surface area contributed by atoms with Gasteiger partial charge in [-0.1, -0.05) is 12.1 Å². The number of aromatic nitrogens is 2. The van der Waals surface area contributed by atoms with Gasteiger partial charge in [0.1, 0.15) is 23.7 Å². The molecule has 100 valence electrons. The van der Waals surface area contributed by atoms with Gasteiger partial charge in [-0.2, -0.15) is 0 Å². The van der Waals surface area contributed by atoms with Crippen LogP contribution in [0, 0.1) is 0 Å². The van der Waals surface area contributed by atoms with Gasteiger partial charge in [-0.3, -0.25) is 0 Å². The van der Waals surface area contributed by atoms with Crippen LogP contribution in [-0.2, 0) is 6.54 Å². The molecule has 1 aromatic heterocycles. The number of ether oxygens (including phenoxy) is 1. The molecule has 0 saturated carbocycles. The molecule has 1 heterocycles. The monoisotopic (exact) mass is 259 g/mol. The molecule has 6 nitrogen and oxygen atoms in total. The number of nitrogen functional groups attached to an aromatic ring is 1. The smallest absolute Gasteiger partial charge is 0.145 e. The lowest BCUT2D eigenvalue weighted by Crippen LogP contribution is -2.18. The Balaban J connectivity index is 2.13. The fourth-order valence-corrected chi connectivity index (χ4v) is 1.76. The van der Waals surface area contributed by atoms with Gasteiger partial charge in [-0.25, -0.2) is 15.8 Å². The first kappa shape index (κ1) is 13.1. The Kier molecular flexibility index (Phi) is 4.15. The minimum Gasteiger partial charge on any atom is -0.497 e. The van der Waals surface area contributed by atoms with Gasteiger partial charge < -0.3 is 15.1 Å². The molecule has 0 spiro atoms. The zero-order valence-electron chi connectivity index (χ0n) is 11.0. The molecule has 0 saturated heterocycles. The van der Waals surface area contributed by atoms with E-state index in [1.54, 1.807) is 13.2 Å². The molecule has 19 heavy (non-hydrogen) atoms. The molecule has 0 bridgehead atoms. The second kappa shape index (κ2) is 6.01. The summed E-state index contributed by atoms with van der Waals surface area (Å²) in [4.78, 5) is 10.2. The van der Waals surface area contributed by atoms with Crippen molar-refractivity contribution in [2.24, 2.45) is 5.84 Å². The molecule has 0 unspecified atom stereocenters. The first-order chi connectivity index (χ1) is 9.22. The maximum atomic E-state index is 5.33. The lowest BCUT2D eigenvalue weighted by atomic mass is 10.2. The van der Waals surface area contributed by atoms with Crippen molar-refractivity contribution in [3.8, 4) is 5.75 Å². The fourth-order valence-electron chi connectivity index (χ4n) is 1.76. The van der Waals surface area contributed by atoms with Gasteiger partial charge in [-0.15, -0.1) is 0 Å². The molecule has 6 heteroatoms. The Bertz CT molecular complexity index is 546. The molecule has 0 aliphatic carbocycles. The molecule has 0 fully saturated rings. The highest BCUT2D eigenvalue weighted by Crippen LogP contribution is 2.17. The summed E-state index contributed by atoms with van der Waals surface area (Å²) < 4.78 is 5.21. The molecule has 0 atom stereocenters. The van der Waals surface area contributed by atoms with Crippen molar-refractivity contribution < 1.29 is 4.74 Å². The average Bonchev–Trinajstić information content (AvgIpc) is 2.47. The largest absolute Gasteiger partial charge is 0.497 e. The number of nitrogens with one attached hydrogen (secondary N) is 1. The summed E-state index contributed by atoms with van der Waals surface area (Å²) in [5.74, 6) is 7.56. The summed E-state index contributed by atoms with van der Waals surface area (Å²) >= 11 is 0. The van der Waals surface area contributed by atoms with E-state index in [2.05, 4.69) is 15.4 Å². The Labute approximate surface area is 112 Å². The van der Waals surface area contributed by atoms with Crippen LogP contribution in [-0.4, -0.2) is 24.1 Å². The Hall–Kier alpha value is -2.34. The van der Waals surface area contributed by atoms with E-state index in [1.807, 2.05) is 36.2 Å². The molecule has 3 N–H and O–H groups in total. The minimum absolute atomic E-state index is 0.586. The maximum Gasteiger partial charge on any atom is 0.145 e. The summed E-state index contributed by atoms with van der Waals surface area (Å²) in [5, 5.41) is 0. The minimum atomic E-state index is 0.586. The molecule has 1 aromatic carbocycles. The highest BCUT2D eigenvalue weighted by molar-refractivity contribution is 5.47. The molecule has 0 aliphatic rings. The van der Waals surface area contributed by atoms with Crippen LogP contribution in [0.2, 0.25) is 0 Å². The van der Waals surface area contributed by atoms with Crippen molar-refractivity contribution in [3.63, 3.8) is 0 Å².